The molecule has 0 saturated carbocycles. The maximum absolute atomic E-state index is 14.6. The Morgan fingerprint density at radius 2 is 1.85 bits per heavy atom. The summed E-state index contributed by atoms with van der Waals surface area (Å²) in [6.45, 7) is 8.88. The molecule has 3 saturated heterocycles. The van der Waals surface area contributed by atoms with Crippen LogP contribution in [-0.4, -0.2) is 94.0 Å². The van der Waals surface area contributed by atoms with E-state index in [9.17, 15) is 24.3 Å². The maximum Gasteiger partial charge on any atom is 0.313 e. The summed E-state index contributed by atoms with van der Waals surface area (Å²) in [7, 11) is 1.67. The summed E-state index contributed by atoms with van der Waals surface area (Å²) in [5.41, 5.74) is -0.258. The van der Waals surface area contributed by atoms with Gasteiger partial charge in [0.1, 0.15) is 17.7 Å². The smallest absolute Gasteiger partial charge is 0.313 e. The number of rotatable bonds is 14. The molecule has 256 valence electrons. The van der Waals surface area contributed by atoms with Crippen molar-refractivity contribution in [2.24, 2.45) is 11.8 Å². The van der Waals surface area contributed by atoms with E-state index in [1.165, 1.54) is 9.80 Å². The molecule has 5 rings (SSSR count). The molecule has 8 atom stereocenters. The minimum Gasteiger partial charge on any atom is -0.455 e. The van der Waals surface area contributed by atoms with Crippen molar-refractivity contribution in [3.63, 3.8) is 0 Å². The highest BCUT2D eigenvalue weighted by molar-refractivity contribution is 9.09. The number of ether oxygens (including phenoxy) is 2. The van der Waals surface area contributed by atoms with E-state index < -0.39 is 66.1 Å². The quantitative estimate of drug-likeness (QED) is 0.170. The van der Waals surface area contributed by atoms with Gasteiger partial charge >= 0.3 is 5.97 Å². The number of para-hydroxylation sites is 1. The zero-order chi connectivity index (χ0) is 34.7. The average molecular weight is 743 g/mol. The minimum absolute atomic E-state index is 0.100. The van der Waals surface area contributed by atoms with Crippen LogP contribution >= 0.6 is 27.5 Å². The summed E-state index contributed by atoms with van der Waals surface area (Å²) in [5, 5.41) is 10.4. The van der Waals surface area contributed by atoms with Crippen molar-refractivity contribution in [1.29, 1.82) is 0 Å². The van der Waals surface area contributed by atoms with Gasteiger partial charge < -0.3 is 29.3 Å². The number of benzene rings is 2. The molecule has 1 N–H and O–H groups in total. The highest BCUT2D eigenvalue weighted by Gasteiger charge is 2.77. The molecule has 48 heavy (non-hydrogen) atoms. The number of allylic oxidation sites excluding steroid dienone is 1. The third-order valence-corrected chi connectivity index (χ3v) is 10.9. The van der Waals surface area contributed by atoms with Crippen LogP contribution < -0.4 is 4.90 Å². The fourth-order valence-corrected chi connectivity index (χ4v) is 8.58. The Balaban J connectivity index is 1.51. The lowest BCUT2D eigenvalue weighted by molar-refractivity contribution is -0.164. The second-order valence-corrected chi connectivity index (χ2v) is 14.0. The van der Waals surface area contributed by atoms with E-state index in [4.69, 9.17) is 21.1 Å². The predicted octanol–water partition coefficient (Wildman–Crippen LogP) is 4.70. The largest absolute Gasteiger partial charge is 0.455 e. The van der Waals surface area contributed by atoms with E-state index in [1.54, 1.807) is 48.4 Å². The van der Waals surface area contributed by atoms with Crippen molar-refractivity contribution >= 4 is 56.9 Å². The second-order valence-electron chi connectivity index (χ2n) is 12.4. The number of carbonyl (C=O) groups is 4. The normalized spacial score (nSPS) is 26.8. The van der Waals surface area contributed by atoms with Crippen molar-refractivity contribution in [3.05, 3.63) is 90.5 Å². The summed E-state index contributed by atoms with van der Waals surface area (Å²) in [5.74, 6) is -3.82. The number of hydrogen-bond donors (Lipinski definition) is 1. The molecule has 3 heterocycles. The van der Waals surface area contributed by atoms with E-state index in [0.717, 1.165) is 0 Å². The number of aliphatic hydroxyl groups excluding tert-OH is 1. The summed E-state index contributed by atoms with van der Waals surface area (Å²) < 4.78 is 12.9. The van der Waals surface area contributed by atoms with Crippen LogP contribution in [0.5, 0.6) is 0 Å². The molecule has 3 fully saturated rings. The molecule has 2 aromatic rings. The van der Waals surface area contributed by atoms with Gasteiger partial charge in [-0.15, -0.1) is 13.2 Å². The molecule has 2 aromatic carbocycles. The molecule has 2 bridgehead atoms. The molecular formula is C36H41BrClN3O7. The molecule has 0 aliphatic carbocycles. The Bertz CT molecular complexity index is 1560. The lowest BCUT2D eigenvalue weighted by Gasteiger charge is -2.37. The monoisotopic (exact) mass is 741 g/mol. The van der Waals surface area contributed by atoms with E-state index in [2.05, 4.69) is 29.1 Å². The fraction of sp³-hybridized carbons (Fsp3) is 0.444. The third-order valence-electron chi connectivity index (χ3n) is 9.73. The van der Waals surface area contributed by atoms with Crippen molar-refractivity contribution in [2.75, 3.05) is 31.6 Å². The van der Waals surface area contributed by atoms with Gasteiger partial charge in [0.15, 0.2) is 0 Å². The Morgan fingerprint density at radius 1 is 1.17 bits per heavy atom. The van der Waals surface area contributed by atoms with Crippen LogP contribution in [0, 0.1) is 11.8 Å². The maximum atomic E-state index is 14.6. The van der Waals surface area contributed by atoms with Crippen LogP contribution in [0.4, 0.5) is 5.69 Å². The number of likely N-dealkylation sites (tertiary alicyclic amines) is 1. The summed E-state index contributed by atoms with van der Waals surface area (Å²) in [6.07, 6.45) is 2.67. The minimum atomic E-state index is -1.38. The zero-order valence-corrected chi connectivity index (χ0v) is 29.4. The van der Waals surface area contributed by atoms with Gasteiger partial charge in [0.05, 0.1) is 41.3 Å². The number of anilines is 1. The van der Waals surface area contributed by atoms with Gasteiger partial charge in [-0.3, -0.25) is 19.2 Å². The number of amides is 3. The van der Waals surface area contributed by atoms with Crippen LogP contribution in [0.15, 0.2) is 79.9 Å². The molecule has 3 amide bonds. The fourth-order valence-electron chi connectivity index (χ4n) is 7.40. The third kappa shape index (κ3) is 6.33. The molecule has 1 unspecified atom stereocenters. The van der Waals surface area contributed by atoms with Crippen molar-refractivity contribution < 1.29 is 33.8 Å². The van der Waals surface area contributed by atoms with Gasteiger partial charge in [-0.1, -0.05) is 82.1 Å². The molecule has 12 heteroatoms. The van der Waals surface area contributed by atoms with Crippen molar-refractivity contribution in [1.82, 2.24) is 9.80 Å². The zero-order valence-electron chi connectivity index (χ0n) is 27.0. The number of halogens is 2. The molecule has 3 aliphatic rings. The molecule has 1 spiro atoms. The average Bonchev–Trinajstić information content (AvgIpc) is 3.68. The molecule has 0 radical (unpaired) electrons. The highest BCUT2D eigenvalue weighted by Crippen LogP contribution is 2.60. The Hall–Kier alpha value is -3.51. The highest BCUT2D eigenvalue weighted by atomic mass is 79.9. The van der Waals surface area contributed by atoms with Gasteiger partial charge in [-0.05, 0) is 37.5 Å². The Morgan fingerprint density at radius 3 is 2.50 bits per heavy atom. The van der Waals surface area contributed by atoms with Crippen molar-refractivity contribution in [2.45, 2.75) is 60.9 Å². The number of esters is 1. The van der Waals surface area contributed by atoms with E-state index >= 15 is 0 Å². The number of fused-ring (bicyclic) bond motifs is 1. The second kappa shape index (κ2) is 14.9. The number of alkyl halides is 1. The first-order valence-corrected chi connectivity index (χ1v) is 17.3. The first kappa shape index (κ1) is 35.8. The lowest BCUT2D eigenvalue weighted by atomic mass is 9.70. The number of β-amino-alcohol motifs (C(OH)–C–C–N with tert-alkyl or cyclic N) is 1. The first-order chi connectivity index (χ1) is 23.0. The van der Waals surface area contributed by atoms with Crippen LogP contribution in [0.25, 0.3) is 0 Å². The summed E-state index contributed by atoms with van der Waals surface area (Å²) in [6, 6.07) is 14.3. The summed E-state index contributed by atoms with van der Waals surface area (Å²) in [4.78, 5) is 60.2. The van der Waals surface area contributed by atoms with Crippen LogP contribution in [0.2, 0.25) is 5.02 Å². The van der Waals surface area contributed by atoms with Crippen molar-refractivity contribution in [3.8, 4) is 0 Å². The number of hydrogen-bond acceptors (Lipinski definition) is 7. The number of carbonyl (C=O) groups excluding carboxylic acids is 4. The lowest BCUT2D eigenvalue weighted by Crippen LogP contribution is -2.57. The Labute approximate surface area is 294 Å². The molecule has 3 aliphatic heterocycles. The number of nitrogens with zero attached hydrogens (tertiary/aromatic N) is 3. The molecule has 10 nitrogen and oxygen atoms in total. The van der Waals surface area contributed by atoms with E-state index in [0.29, 0.717) is 22.7 Å². The molecule has 0 aromatic heterocycles. The van der Waals surface area contributed by atoms with Crippen LogP contribution in [0.3, 0.4) is 0 Å². The molecular weight excluding hydrogens is 702 g/mol. The first-order valence-electron chi connectivity index (χ1n) is 16.0. The van der Waals surface area contributed by atoms with Crippen LogP contribution in [-0.2, 0) is 28.7 Å². The Kier molecular flexibility index (Phi) is 11.1. The van der Waals surface area contributed by atoms with Gasteiger partial charge in [-0.25, -0.2) is 0 Å². The van der Waals surface area contributed by atoms with Crippen LogP contribution in [0.1, 0.15) is 37.9 Å². The number of aliphatic hydroxyl groups is 1. The van der Waals surface area contributed by atoms with E-state index in [1.807, 2.05) is 37.3 Å². The van der Waals surface area contributed by atoms with E-state index in [-0.39, 0.29) is 36.7 Å². The topological polar surface area (TPSA) is 117 Å². The van der Waals surface area contributed by atoms with Gasteiger partial charge in [0.2, 0.25) is 11.8 Å². The standard InChI is InChI=1S/C36H41BrClN3O7/c1-5-7-17-27(43)39(4)22(3)30(23-13-9-8-10-14-23)47-35(46)28-29-33(44)41(19-20-42)32(36(29)21-24(37)31(28)48-36)34(45)40(18-6-2)26-16-12-11-15-25(26)38/h5-6,8-16,22,24,28-32,42H,1-2,7,17-21H2,3-4H3/t22-,24?,28-,29+,30+,31-,32-,36+/m0/s1. The SMILES string of the molecule is C=CCCC(=O)N(C)[C@@H](C)[C@@H](OC(=O)[C@@H]1[C@H]2O[C@@]3(CC2Br)[C@H](C(=O)N(CC=C)c2ccccc2Cl)N(CCO)C(=O)[C@@H]13)c1ccccc1. The van der Waals surface area contributed by atoms with Gasteiger partial charge in [0.25, 0.3) is 5.91 Å². The predicted molar refractivity (Wildman–Crippen MR) is 185 cm³/mol. The number of likely N-dealkylation sites (N-methyl/N-ethyl adjacent to an activating group) is 1. The summed E-state index contributed by atoms with van der Waals surface area (Å²) >= 11 is 10.2. The van der Waals surface area contributed by atoms with Gasteiger partial charge in [-0.2, -0.15) is 0 Å². The van der Waals surface area contributed by atoms with Gasteiger partial charge in [0, 0.05) is 31.4 Å².